The summed E-state index contributed by atoms with van der Waals surface area (Å²) >= 11 is 3.75. The third-order valence-electron chi connectivity index (χ3n) is 1.77. The first kappa shape index (κ1) is 15.7. The fourth-order valence-electron chi connectivity index (χ4n) is 0.812. The Morgan fingerprint density at radius 2 is 1.94 bits per heavy atom. The lowest BCUT2D eigenvalue weighted by molar-refractivity contribution is -0.141. The van der Waals surface area contributed by atoms with Gasteiger partial charge < -0.3 is 26.6 Å². The lowest BCUT2D eigenvalue weighted by atomic mass is 10.3. The molecule has 0 aliphatic heterocycles. The van der Waals surface area contributed by atoms with Crippen LogP contribution >= 0.6 is 12.6 Å². The zero-order valence-electron chi connectivity index (χ0n) is 8.92. The number of hydrogen-bond acceptors (Lipinski definition) is 6. The van der Waals surface area contributed by atoms with E-state index < -0.39 is 43.0 Å². The van der Waals surface area contributed by atoms with Gasteiger partial charge in [0.15, 0.2) is 0 Å². The number of amides is 2. The van der Waals surface area contributed by atoms with Gasteiger partial charge in [0.1, 0.15) is 12.1 Å². The van der Waals surface area contributed by atoms with Gasteiger partial charge in [-0.25, -0.2) is 4.79 Å². The van der Waals surface area contributed by atoms with Crippen molar-refractivity contribution in [3.63, 3.8) is 0 Å². The van der Waals surface area contributed by atoms with E-state index in [1.54, 1.807) is 0 Å². The van der Waals surface area contributed by atoms with Crippen molar-refractivity contribution in [1.82, 2.24) is 10.6 Å². The molecule has 2 unspecified atom stereocenters. The fourth-order valence-corrected chi connectivity index (χ4v) is 1.06. The van der Waals surface area contributed by atoms with E-state index in [4.69, 9.17) is 15.9 Å². The maximum absolute atomic E-state index is 11.2. The van der Waals surface area contributed by atoms with E-state index in [9.17, 15) is 14.4 Å². The van der Waals surface area contributed by atoms with Crippen molar-refractivity contribution in [3.8, 4) is 0 Å². The predicted molar refractivity (Wildman–Crippen MR) is 61.5 cm³/mol. The van der Waals surface area contributed by atoms with Crippen molar-refractivity contribution in [3.05, 3.63) is 0 Å². The summed E-state index contributed by atoms with van der Waals surface area (Å²) in [6.07, 6.45) is 0. The average molecular weight is 265 g/mol. The van der Waals surface area contributed by atoms with E-state index in [-0.39, 0.29) is 5.75 Å². The van der Waals surface area contributed by atoms with E-state index in [1.807, 2.05) is 0 Å². The normalized spacial score (nSPS) is 13.6. The number of rotatable bonds is 7. The first-order valence-corrected chi connectivity index (χ1v) is 5.32. The van der Waals surface area contributed by atoms with Gasteiger partial charge in [-0.15, -0.1) is 0 Å². The van der Waals surface area contributed by atoms with Crippen LogP contribution in [0, 0.1) is 0 Å². The van der Waals surface area contributed by atoms with E-state index in [0.29, 0.717) is 0 Å². The number of nitrogens with one attached hydrogen (secondary N) is 2. The van der Waals surface area contributed by atoms with Crippen molar-refractivity contribution in [2.24, 2.45) is 5.73 Å². The number of aliphatic hydroxyl groups is 1. The Bertz CT molecular complexity index is 299. The van der Waals surface area contributed by atoms with Crippen LogP contribution in [0.5, 0.6) is 0 Å². The Morgan fingerprint density at radius 3 is 2.35 bits per heavy atom. The summed E-state index contributed by atoms with van der Waals surface area (Å²) in [5.41, 5.74) is 5.18. The molecule has 0 saturated carbocycles. The van der Waals surface area contributed by atoms with Crippen molar-refractivity contribution in [2.45, 2.75) is 12.1 Å². The van der Waals surface area contributed by atoms with E-state index in [1.165, 1.54) is 0 Å². The largest absolute Gasteiger partial charge is 0.480 e. The zero-order valence-corrected chi connectivity index (χ0v) is 9.81. The minimum Gasteiger partial charge on any atom is -0.480 e. The highest BCUT2D eigenvalue weighted by Crippen LogP contribution is 1.87. The second-order valence-corrected chi connectivity index (χ2v) is 3.51. The highest BCUT2D eigenvalue weighted by Gasteiger charge is 2.19. The van der Waals surface area contributed by atoms with E-state index in [0.717, 1.165) is 0 Å². The smallest absolute Gasteiger partial charge is 0.327 e. The Hall–Kier alpha value is -1.32. The molecule has 0 heterocycles. The average Bonchev–Trinajstić information content (AvgIpc) is 2.31. The van der Waals surface area contributed by atoms with Crippen LogP contribution in [0.15, 0.2) is 0 Å². The fraction of sp³-hybridized carbons (Fsp3) is 0.625. The Kier molecular flexibility index (Phi) is 7.26. The number of carboxylic acids is 1. The van der Waals surface area contributed by atoms with E-state index in [2.05, 4.69) is 23.3 Å². The Labute approximate surface area is 103 Å². The van der Waals surface area contributed by atoms with Crippen LogP contribution in [0.3, 0.4) is 0 Å². The molecule has 2 amide bonds. The molecule has 9 heteroatoms. The molecule has 17 heavy (non-hydrogen) atoms. The SMILES string of the molecule is NC(CO)C(=O)NCC(=O)NC(CS)C(=O)O. The topological polar surface area (TPSA) is 142 Å². The lowest BCUT2D eigenvalue weighted by Gasteiger charge is -2.13. The van der Waals surface area contributed by atoms with Gasteiger partial charge in [0.2, 0.25) is 11.8 Å². The van der Waals surface area contributed by atoms with Crippen LogP contribution in [0.4, 0.5) is 0 Å². The molecule has 0 rings (SSSR count). The van der Waals surface area contributed by atoms with Crippen LogP contribution in [-0.4, -0.2) is 59.0 Å². The van der Waals surface area contributed by atoms with Crippen LogP contribution in [0.1, 0.15) is 0 Å². The summed E-state index contributed by atoms with van der Waals surface area (Å²) in [5, 5.41) is 21.5. The maximum atomic E-state index is 11.2. The third kappa shape index (κ3) is 6.09. The number of aliphatic hydroxyl groups excluding tert-OH is 1. The van der Waals surface area contributed by atoms with Gasteiger partial charge in [-0.1, -0.05) is 0 Å². The van der Waals surface area contributed by atoms with Crippen molar-refractivity contribution in [1.29, 1.82) is 0 Å². The molecule has 2 atom stereocenters. The van der Waals surface area contributed by atoms with Crippen molar-refractivity contribution >= 4 is 30.4 Å². The third-order valence-corrected chi connectivity index (χ3v) is 2.14. The van der Waals surface area contributed by atoms with Crippen LogP contribution in [-0.2, 0) is 14.4 Å². The number of carbonyl (C=O) groups excluding carboxylic acids is 2. The summed E-state index contributed by atoms with van der Waals surface area (Å²) in [6, 6.07) is -2.22. The van der Waals surface area contributed by atoms with Gasteiger partial charge in [0, 0.05) is 5.75 Å². The molecule has 0 saturated heterocycles. The van der Waals surface area contributed by atoms with Gasteiger partial charge in [-0.3, -0.25) is 9.59 Å². The predicted octanol–water partition coefficient (Wildman–Crippen LogP) is -3.08. The summed E-state index contributed by atoms with van der Waals surface area (Å²) in [5.74, 6) is -2.65. The Morgan fingerprint density at radius 1 is 1.35 bits per heavy atom. The number of thiol groups is 1. The summed E-state index contributed by atoms with van der Waals surface area (Å²) < 4.78 is 0. The minimum absolute atomic E-state index is 0.0643. The second kappa shape index (κ2) is 7.87. The standard InChI is InChI=1S/C8H15N3O5S/c9-4(2-12)7(14)10-1-6(13)11-5(3-17)8(15)16/h4-5,12,17H,1-3,9H2,(H,10,14)(H,11,13)(H,15,16). The van der Waals surface area contributed by atoms with Crippen LogP contribution in [0.25, 0.3) is 0 Å². The molecule has 98 valence electrons. The highest BCUT2D eigenvalue weighted by molar-refractivity contribution is 7.80. The number of carbonyl (C=O) groups is 3. The molecule has 0 aromatic heterocycles. The van der Waals surface area contributed by atoms with Crippen molar-refractivity contribution < 1.29 is 24.6 Å². The molecular weight excluding hydrogens is 250 g/mol. The molecule has 0 bridgehead atoms. The molecule has 6 N–H and O–H groups in total. The lowest BCUT2D eigenvalue weighted by Crippen LogP contribution is -2.49. The maximum Gasteiger partial charge on any atom is 0.327 e. The highest BCUT2D eigenvalue weighted by atomic mass is 32.1. The molecule has 0 aromatic carbocycles. The number of nitrogens with two attached hydrogens (primary N) is 1. The molecule has 0 aliphatic carbocycles. The quantitative estimate of drug-likeness (QED) is 0.270. The molecule has 0 aliphatic rings. The summed E-state index contributed by atoms with van der Waals surface area (Å²) in [6.45, 7) is -0.952. The van der Waals surface area contributed by atoms with Crippen LogP contribution < -0.4 is 16.4 Å². The number of aliphatic carboxylic acids is 1. The van der Waals surface area contributed by atoms with Gasteiger partial charge in [-0.2, -0.15) is 12.6 Å². The summed E-state index contributed by atoms with van der Waals surface area (Å²) in [7, 11) is 0. The first-order valence-electron chi connectivity index (χ1n) is 4.69. The Balaban J connectivity index is 4.03. The molecule has 0 spiro atoms. The molecule has 0 aromatic rings. The van der Waals surface area contributed by atoms with E-state index >= 15 is 0 Å². The molecule has 0 fully saturated rings. The molecular formula is C8H15N3O5S. The van der Waals surface area contributed by atoms with Crippen LogP contribution in [0.2, 0.25) is 0 Å². The zero-order chi connectivity index (χ0) is 13.4. The molecule has 0 radical (unpaired) electrons. The van der Waals surface area contributed by atoms with Gasteiger partial charge in [0.25, 0.3) is 0 Å². The number of hydrogen-bond donors (Lipinski definition) is 6. The first-order chi connectivity index (χ1) is 7.92. The second-order valence-electron chi connectivity index (χ2n) is 3.15. The summed E-state index contributed by atoms with van der Waals surface area (Å²) in [4.78, 5) is 32.8. The van der Waals surface area contributed by atoms with Gasteiger partial charge >= 0.3 is 5.97 Å². The minimum atomic E-state index is -1.22. The van der Waals surface area contributed by atoms with Gasteiger partial charge in [0.05, 0.1) is 13.2 Å². The van der Waals surface area contributed by atoms with Gasteiger partial charge in [-0.05, 0) is 0 Å². The van der Waals surface area contributed by atoms with Crippen molar-refractivity contribution in [2.75, 3.05) is 18.9 Å². The number of carboxylic acid groups (broad SMARTS) is 1. The molecule has 8 nitrogen and oxygen atoms in total. The monoisotopic (exact) mass is 265 g/mol.